The van der Waals surface area contributed by atoms with Crippen molar-refractivity contribution in [1.29, 1.82) is 0 Å². The van der Waals surface area contributed by atoms with E-state index in [1.54, 1.807) is 12.1 Å². The van der Waals surface area contributed by atoms with Crippen molar-refractivity contribution in [2.75, 3.05) is 0 Å². The highest BCUT2D eigenvalue weighted by atomic mass is 79.9. The number of rotatable bonds is 5. The molecule has 0 atom stereocenters. The zero-order valence-electron chi connectivity index (χ0n) is 13.1. The fraction of sp³-hybridized carbons (Fsp3) is 0. The highest BCUT2D eigenvalue weighted by Gasteiger charge is 2.11. The van der Waals surface area contributed by atoms with Crippen LogP contribution in [0.5, 0.6) is 0 Å². The number of hydrogen-bond acceptors (Lipinski definition) is 4. The van der Waals surface area contributed by atoms with Gasteiger partial charge in [-0.05, 0) is 46.3 Å². The van der Waals surface area contributed by atoms with Gasteiger partial charge in [0.15, 0.2) is 5.09 Å². The van der Waals surface area contributed by atoms with Crippen LogP contribution in [-0.2, 0) is 0 Å². The smallest absolute Gasteiger partial charge is 0.272 e. The third-order valence-electron chi connectivity index (χ3n) is 3.16. The molecule has 0 spiro atoms. The van der Waals surface area contributed by atoms with Gasteiger partial charge in [0.05, 0.1) is 21.3 Å². The topological polar surface area (TPSA) is 54.6 Å². The summed E-state index contributed by atoms with van der Waals surface area (Å²) >= 11 is 16.8. The number of furan rings is 1. The fourth-order valence-electron chi connectivity index (χ4n) is 1.99. The summed E-state index contributed by atoms with van der Waals surface area (Å²) in [6.07, 6.45) is 1.42. The first-order valence-electron chi connectivity index (χ1n) is 7.33. The molecule has 2 aromatic carbocycles. The number of amides is 1. The maximum Gasteiger partial charge on any atom is 0.272 e. The van der Waals surface area contributed by atoms with E-state index in [4.69, 9.17) is 27.6 Å². The molecule has 4 nitrogen and oxygen atoms in total. The number of nitrogens with zero attached hydrogens (tertiary/aromatic N) is 1. The lowest BCUT2D eigenvalue weighted by molar-refractivity contribution is 0.0955. The van der Waals surface area contributed by atoms with Crippen LogP contribution in [0.15, 0.2) is 78.6 Å². The molecule has 0 saturated carbocycles. The summed E-state index contributed by atoms with van der Waals surface area (Å²) in [5.41, 5.74) is 2.69. The van der Waals surface area contributed by atoms with E-state index in [0.29, 0.717) is 15.9 Å². The molecule has 0 aliphatic rings. The van der Waals surface area contributed by atoms with Gasteiger partial charge in [-0.3, -0.25) is 4.79 Å². The Balaban J connectivity index is 1.65. The molecule has 1 N–H and O–H groups in total. The summed E-state index contributed by atoms with van der Waals surface area (Å²) in [5.74, 6) is 0.0604. The number of hydrogen-bond donors (Lipinski definition) is 1. The van der Waals surface area contributed by atoms with Crippen molar-refractivity contribution in [2.24, 2.45) is 5.10 Å². The first kappa shape index (κ1) is 19.0. The van der Waals surface area contributed by atoms with Gasteiger partial charge < -0.3 is 4.42 Å². The molecule has 0 unspecified atom stereocenters. The van der Waals surface area contributed by atoms with Crippen LogP contribution in [-0.4, -0.2) is 12.1 Å². The Labute approximate surface area is 172 Å². The van der Waals surface area contributed by atoms with Crippen molar-refractivity contribution in [2.45, 2.75) is 9.99 Å². The maximum atomic E-state index is 12.1. The number of carbonyl (C=O) groups is 1. The largest absolute Gasteiger partial charge is 0.447 e. The van der Waals surface area contributed by atoms with Crippen LogP contribution >= 0.6 is 50.9 Å². The Hall–Kier alpha value is -1.73. The van der Waals surface area contributed by atoms with Gasteiger partial charge in [0, 0.05) is 16.0 Å². The van der Waals surface area contributed by atoms with Crippen molar-refractivity contribution in [3.05, 3.63) is 80.4 Å². The van der Waals surface area contributed by atoms with Gasteiger partial charge >= 0.3 is 0 Å². The molecule has 8 heteroatoms. The zero-order chi connectivity index (χ0) is 18.5. The molecule has 0 fully saturated rings. The third kappa shape index (κ3) is 4.92. The summed E-state index contributed by atoms with van der Waals surface area (Å²) in [6.45, 7) is 0. The average Bonchev–Trinajstić information content (AvgIpc) is 2.95. The van der Waals surface area contributed by atoms with Crippen LogP contribution in [0.4, 0.5) is 0 Å². The highest BCUT2D eigenvalue weighted by Crippen LogP contribution is 2.35. The van der Waals surface area contributed by atoms with E-state index in [2.05, 4.69) is 26.5 Å². The average molecular weight is 470 g/mol. The molecule has 0 aliphatic carbocycles. The van der Waals surface area contributed by atoms with Gasteiger partial charge in [0.1, 0.15) is 5.76 Å². The summed E-state index contributed by atoms with van der Waals surface area (Å²) < 4.78 is 6.52. The second kappa shape index (κ2) is 8.77. The number of halogens is 3. The van der Waals surface area contributed by atoms with Gasteiger partial charge in [-0.15, -0.1) is 0 Å². The van der Waals surface area contributed by atoms with Crippen LogP contribution in [0.25, 0.3) is 0 Å². The van der Waals surface area contributed by atoms with Crippen LogP contribution in [0.2, 0.25) is 10.0 Å². The summed E-state index contributed by atoms with van der Waals surface area (Å²) in [7, 11) is 0. The van der Waals surface area contributed by atoms with Crippen LogP contribution in [0.1, 0.15) is 16.1 Å². The van der Waals surface area contributed by atoms with Crippen molar-refractivity contribution in [3.8, 4) is 0 Å². The lowest BCUT2D eigenvalue weighted by Gasteiger charge is -2.02. The molecule has 3 rings (SSSR count). The number of benzene rings is 2. The van der Waals surface area contributed by atoms with E-state index in [-0.39, 0.29) is 10.6 Å². The van der Waals surface area contributed by atoms with Gasteiger partial charge in [0.2, 0.25) is 0 Å². The quantitative estimate of drug-likeness (QED) is 0.354. The fourth-order valence-corrected chi connectivity index (χ4v) is 3.83. The molecule has 132 valence electrons. The van der Waals surface area contributed by atoms with E-state index in [0.717, 1.165) is 9.37 Å². The summed E-state index contributed by atoms with van der Waals surface area (Å²) in [5, 5.41) is 5.32. The zero-order valence-corrected chi connectivity index (χ0v) is 17.0. The molecule has 26 heavy (non-hydrogen) atoms. The summed E-state index contributed by atoms with van der Waals surface area (Å²) in [4.78, 5) is 13.1. The molecular formula is C18H11BrCl2N2O2S. The molecule has 1 amide bonds. The minimum absolute atomic E-state index is 0.257. The summed E-state index contributed by atoms with van der Waals surface area (Å²) in [6, 6.07) is 16.2. The predicted octanol–water partition coefficient (Wildman–Crippen LogP) is 6.26. The maximum absolute atomic E-state index is 12.1. The Kier molecular flexibility index (Phi) is 6.43. The molecule has 0 radical (unpaired) electrons. The number of hydrazone groups is 1. The van der Waals surface area contributed by atoms with Gasteiger partial charge in [-0.1, -0.05) is 53.2 Å². The Morgan fingerprint density at radius 2 is 1.92 bits per heavy atom. The van der Waals surface area contributed by atoms with Crippen molar-refractivity contribution in [3.63, 3.8) is 0 Å². The third-order valence-corrected chi connectivity index (χ3v) is 5.56. The molecule has 0 bridgehead atoms. The van der Waals surface area contributed by atoms with E-state index >= 15 is 0 Å². The van der Waals surface area contributed by atoms with Crippen LogP contribution < -0.4 is 5.43 Å². The second-order valence-electron chi connectivity index (χ2n) is 5.02. The molecule has 1 heterocycles. The monoisotopic (exact) mass is 468 g/mol. The predicted molar refractivity (Wildman–Crippen MR) is 108 cm³/mol. The molecule has 0 saturated heterocycles. The van der Waals surface area contributed by atoms with Crippen LogP contribution in [0, 0.1) is 0 Å². The van der Waals surface area contributed by atoms with E-state index in [9.17, 15) is 4.79 Å². The van der Waals surface area contributed by atoms with E-state index < -0.39 is 5.91 Å². The van der Waals surface area contributed by atoms with Gasteiger partial charge in [-0.2, -0.15) is 5.10 Å². The van der Waals surface area contributed by atoms with Crippen LogP contribution in [0.3, 0.4) is 0 Å². The van der Waals surface area contributed by atoms with Crippen molar-refractivity contribution < 1.29 is 9.21 Å². The van der Waals surface area contributed by atoms with Crippen molar-refractivity contribution >= 4 is 63.0 Å². The Morgan fingerprint density at radius 3 is 2.65 bits per heavy atom. The molecule has 1 aromatic heterocycles. The standard InChI is InChI=1S/C18H11BrCl2N2O2S/c19-15-9-12(25-18(15)26-13-4-2-1-3-5-13)10-22-23-17(24)14-7-6-11(20)8-16(14)21/h1-10H,(H,23,24)/b22-10-. The lowest BCUT2D eigenvalue weighted by atomic mass is 10.2. The van der Waals surface area contributed by atoms with E-state index in [1.165, 1.54) is 30.1 Å². The van der Waals surface area contributed by atoms with Crippen molar-refractivity contribution in [1.82, 2.24) is 5.43 Å². The first-order chi connectivity index (χ1) is 12.5. The number of nitrogens with one attached hydrogen (secondary N) is 1. The number of carbonyl (C=O) groups excluding carboxylic acids is 1. The SMILES string of the molecule is O=C(N/N=C\c1cc(Br)c(Sc2ccccc2)o1)c1ccc(Cl)cc1Cl. The van der Waals surface area contributed by atoms with Gasteiger partial charge in [-0.25, -0.2) is 5.43 Å². The molecule has 0 aliphatic heterocycles. The van der Waals surface area contributed by atoms with E-state index in [1.807, 2.05) is 30.3 Å². The molecule has 3 aromatic rings. The minimum Gasteiger partial charge on any atom is -0.447 e. The normalized spacial score (nSPS) is 11.0. The Bertz CT molecular complexity index is 961. The second-order valence-corrected chi connectivity index (χ2v) is 7.77. The lowest BCUT2D eigenvalue weighted by Crippen LogP contribution is -2.17. The minimum atomic E-state index is -0.438. The highest BCUT2D eigenvalue weighted by molar-refractivity contribution is 9.10. The Morgan fingerprint density at radius 1 is 1.15 bits per heavy atom. The first-order valence-corrected chi connectivity index (χ1v) is 9.70. The molecular weight excluding hydrogens is 459 g/mol. The van der Waals surface area contributed by atoms with Gasteiger partial charge in [0.25, 0.3) is 5.91 Å².